The van der Waals surface area contributed by atoms with E-state index in [1.165, 1.54) is 0 Å². The van der Waals surface area contributed by atoms with Gasteiger partial charge in [0.25, 0.3) is 5.91 Å². The fourth-order valence-corrected chi connectivity index (χ4v) is 2.37. The van der Waals surface area contributed by atoms with Crippen LogP contribution >= 0.6 is 15.9 Å². The SMILES string of the molecule is O=C(Nc1ccc(C(=O)C2CC2)cc1)c1ccc(Br)cc1. The topological polar surface area (TPSA) is 46.2 Å². The molecule has 1 amide bonds. The maximum absolute atomic E-state index is 12.1. The molecule has 2 aromatic rings. The molecule has 1 aliphatic rings. The monoisotopic (exact) mass is 343 g/mol. The van der Waals surface area contributed by atoms with E-state index in [-0.39, 0.29) is 17.6 Å². The van der Waals surface area contributed by atoms with Crippen LogP contribution in [0.2, 0.25) is 0 Å². The molecule has 0 atom stereocenters. The predicted molar refractivity (Wildman–Crippen MR) is 85.6 cm³/mol. The molecule has 1 N–H and O–H groups in total. The summed E-state index contributed by atoms with van der Waals surface area (Å²) in [4.78, 5) is 24.0. The highest BCUT2D eigenvalue weighted by atomic mass is 79.9. The average Bonchev–Trinajstić information content (AvgIpc) is 3.32. The number of carbonyl (C=O) groups excluding carboxylic acids is 2. The highest BCUT2D eigenvalue weighted by Crippen LogP contribution is 2.32. The van der Waals surface area contributed by atoms with Crippen molar-refractivity contribution in [2.24, 2.45) is 5.92 Å². The first-order valence-corrected chi connectivity index (χ1v) is 7.64. The quantitative estimate of drug-likeness (QED) is 0.841. The molecule has 21 heavy (non-hydrogen) atoms. The van der Waals surface area contributed by atoms with E-state index in [1.807, 2.05) is 12.1 Å². The van der Waals surface area contributed by atoms with Crippen LogP contribution in [-0.2, 0) is 0 Å². The molecule has 106 valence electrons. The highest BCUT2D eigenvalue weighted by Gasteiger charge is 2.30. The average molecular weight is 344 g/mol. The smallest absolute Gasteiger partial charge is 0.255 e. The molecule has 0 unspecified atom stereocenters. The molecule has 0 saturated heterocycles. The van der Waals surface area contributed by atoms with Crippen molar-refractivity contribution in [2.45, 2.75) is 12.8 Å². The van der Waals surface area contributed by atoms with Gasteiger partial charge in [0.05, 0.1) is 0 Å². The molecule has 1 saturated carbocycles. The second-order valence-corrected chi connectivity index (χ2v) is 6.09. The van der Waals surface area contributed by atoms with Gasteiger partial charge < -0.3 is 5.32 Å². The molecular weight excluding hydrogens is 330 g/mol. The molecule has 0 aromatic heterocycles. The maximum Gasteiger partial charge on any atom is 0.255 e. The Labute approximate surface area is 131 Å². The summed E-state index contributed by atoms with van der Waals surface area (Å²) in [6.45, 7) is 0. The van der Waals surface area contributed by atoms with E-state index < -0.39 is 0 Å². The standard InChI is InChI=1S/C17H14BrNO2/c18-14-7-3-13(4-8-14)17(21)19-15-9-5-12(6-10-15)16(20)11-1-2-11/h3-11H,1-2H2,(H,19,21). The molecule has 0 bridgehead atoms. The first-order valence-electron chi connectivity index (χ1n) is 6.85. The minimum atomic E-state index is -0.163. The highest BCUT2D eigenvalue weighted by molar-refractivity contribution is 9.10. The van der Waals surface area contributed by atoms with Gasteiger partial charge in [0.15, 0.2) is 5.78 Å². The van der Waals surface area contributed by atoms with Gasteiger partial charge >= 0.3 is 0 Å². The number of amides is 1. The lowest BCUT2D eigenvalue weighted by Crippen LogP contribution is -2.11. The number of carbonyl (C=O) groups is 2. The van der Waals surface area contributed by atoms with Gasteiger partial charge in [-0.15, -0.1) is 0 Å². The summed E-state index contributed by atoms with van der Waals surface area (Å²) < 4.78 is 0.932. The third-order valence-electron chi connectivity index (χ3n) is 3.48. The number of ketones is 1. The number of Topliss-reactive ketones (excluding diaryl/α,β-unsaturated/α-hetero) is 1. The third kappa shape index (κ3) is 3.39. The van der Waals surface area contributed by atoms with Crippen LogP contribution in [0.1, 0.15) is 33.6 Å². The molecule has 0 aliphatic heterocycles. The third-order valence-corrected chi connectivity index (χ3v) is 4.01. The first kappa shape index (κ1) is 14.0. The van der Waals surface area contributed by atoms with E-state index in [4.69, 9.17) is 0 Å². The Bertz CT molecular complexity index is 673. The fourth-order valence-electron chi connectivity index (χ4n) is 2.10. The maximum atomic E-state index is 12.1. The number of anilines is 1. The number of benzene rings is 2. The molecular formula is C17H14BrNO2. The summed E-state index contributed by atoms with van der Waals surface area (Å²) in [6, 6.07) is 14.3. The Morgan fingerprint density at radius 1 is 0.905 bits per heavy atom. The lowest BCUT2D eigenvalue weighted by atomic mass is 10.1. The summed E-state index contributed by atoms with van der Waals surface area (Å²) in [5.41, 5.74) is 2.01. The fraction of sp³-hybridized carbons (Fsp3) is 0.176. The Kier molecular flexibility index (Phi) is 3.88. The van der Waals surface area contributed by atoms with Crippen LogP contribution in [0.25, 0.3) is 0 Å². The van der Waals surface area contributed by atoms with E-state index in [0.717, 1.165) is 22.9 Å². The van der Waals surface area contributed by atoms with E-state index in [9.17, 15) is 9.59 Å². The summed E-state index contributed by atoms with van der Waals surface area (Å²) >= 11 is 3.34. The molecule has 1 fully saturated rings. The minimum Gasteiger partial charge on any atom is -0.322 e. The van der Waals surface area contributed by atoms with Gasteiger partial charge in [0.2, 0.25) is 0 Å². The van der Waals surface area contributed by atoms with Crippen LogP contribution < -0.4 is 5.32 Å². The van der Waals surface area contributed by atoms with Gasteiger partial charge in [-0.25, -0.2) is 0 Å². The number of rotatable bonds is 4. The van der Waals surface area contributed by atoms with E-state index in [0.29, 0.717) is 11.3 Å². The molecule has 3 rings (SSSR count). The van der Waals surface area contributed by atoms with Gasteiger partial charge in [-0.3, -0.25) is 9.59 Å². The van der Waals surface area contributed by atoms with Crippen LogP contribution in [0, 0.1) is 5.92 Å². The first-order chi connectivity index (χ1) is 10.1. The molecule has 0 radical (unpaired) electrons. The van der Waals surface area contributed by atoms with Gasteiger partial charge in [0, 0.05) is 27.2 Å². The van der Waals surface area contributed by atoms with Gasteiger partial charge in [-0.2, -0.15) is 0 Å². The molecule has 0 heterocycles. The summed E-state index contributed by atoms with van der Waals surface area (Å²) in [7, 11) is 0. The Morgan fingerprint density at radius 3 is 2.05 bits per heavy atom. The van der Waals surface area contributed by atoms with Crippen LogP contribution in [0.5, 0.6) is 0 Å². The summed E-state index contributed by atoms with van der Waals surface area (Å²) in [6.07, 6.45) is 2.00. The molecule has 3 nitrogen and oxygen atoms in total. The number of hydrogen-bond donors (Lipinski definition) is 1. The normalized spacial score (nSPS) is 13.8. The predicted octanol–water partition coefficient (Wildman–Crippen LogP) is 4.29. The summed E-state index contributed by atoms with van der Waals surface area (Å²) in [5, 5.41) is 2.82. The number of halogens is 1. The van der Waals surface area contributed by atoms with Gasteiger partial charge in [0.1, 0.15) is 0 Å². The Hall–Kier alpha value is -1.94. The van der Waals surface area contributed by atoms with Crippen molar-refractivity contribution in [3.05, 3.63) is 64.1 Å². The van der Waals surface area contributed by atoms with Crippen LogP contribution in [0.3, 0.4) is 0 Å². The van der Waals surface area contributed by atoms with Gasteiger partial charge in [-0.05, 0) is 61.4 Å². The lowest BCUT2D eigenvalue weighted by Gasteiger charge is -2.06. The second kappa shape index (κ2) is 5.82. The van der Waals surface area contributed by atoms with Crippen LogP contribution in [0.15, 0.2) is 53.0 Å². The Balaban J connectivity index is 1.68. The van der Waals surface area contributed by atoms with E-state index >= 15 is 0 Å². The number of hydrogen-bond acceptors (Lipinski definition) is 2. The van der Waals surface area contributed by atoms with Crippen molar-refractivity contribution in [1.82, 2.24) is 0 Å². The zero-order valence-corrected chi connectivity index (χ0v) is 12.9. The van der Waals surface area contributed by atoms with Crippen molar-refractivity contribution in [1.29, 1.82) is 0 Å². The zero-order chi connectivity index (χ0) is 14.8. The minimum absolute atomic E-state index is 0.163. The van der Waals surface area contributed by atoms with Crippen LogP contribution in [-0.4, -0.2) is 11.7 Å². The van der Waals surface area contributed by atoms with Crippen molar-refractivity contribution >= 4 is 33.3 Å². The van der Waals surface area contributed by atoms with Crippen molar-refractivity contribution in [3.8, 4) is 0 Å². The lowest BCUT2D eigenvalue weighted by molar-refractivity contribution is 0.0967. The summed E-state index contributed by atoms with van der Waals surface area (Å²) in [5.74, 6) is 0.262. The van der Waals surface area contributed by atoms with Gasteiger partial charge in [-0.1, -0.05) is 15.9 Å². The second-order valence-electron chi connectivity index (χ2n) is 5.18. The molecule has 1 aliphatic carbocycles. The van der Waals surface area contributed by atoms with Crippen molar-refractivity contribution in [2.75, 3.05) is 5.32 Å². The zero-order valence-electron chi connectivity index (χ0n) is 11.3. The molecule has 2 aromatic carbocycles. The largest absolute Gasteiger partial charge is 0.322 e. The molecule has 0 spiro atoms. The Morgan fingerprint density at radius 2 is 1.48 bits per heavy atom. The van der Waals surface area contributed by atoms with Crippen molar-refractivity contribution < 1.29 is 9.59 Å². The van der Waals surface area contributed by atoms with Crippen molar-refractivity contribution in [3.63, 3.8) is 0 Å². The number of nitrogens with one attached hydrogen (secondary N) is 1. The molecule has 4 heteroatoms. The van der Waals surface area contributed by atoms with E-state index in [1.54, 1.807) is 36.4 Å². The van der Waals surface area contributed by atoms with Crippen LogP contribution in [0.4, 0.5) is 5.69 Å². The van der Waals surface area contributed by atoms with E-state index in [2.05, 4.69) is 21.2 Å².